The number of carbonyl (C=O) groups is 1. The Balaban J connectivity index is 1.64. The third-order valence-corrected chi connectivity index (χ3v) is 7.79. The molecule has 1 heterocycles. The topological polar surface area (TPSA) is 69.7 Å². The van der Waals surface area contributed by atoms with Crippen LogP contribution in [0.4, 0.5) is 14.5 Å². The molecule has 162 valence electrons. The molecule has 0 aliphatic carbocycles. The number of hydrogen-bond donors (Lipinski definition) is 1. The van der Waals surface area contributed by atoms with Crippen LogP contribution in [0.15, 0.2) is 52.3 Å². The number of para-hydroxylation sites is 1. The van der Waals surface area contributed by atoms with Gasteiger partial charge in [0.05, 0.1) is 11.7 Å². The van der Waals surface area contributed by atoms with Crippen LogP contribution in [0.5, 0.6) is 0 Å². The Labute approximate surface area is 179 Å². The highest BCUT2D eigenvalue weighted by molar-refractivity contribution is 7.98. The maximum Gasteiger partial charge on any atom is 0.246 e. The molecule has 6 nitrogen and oxygen atoms in total. The fraction of sp³-hybridized carbons (Fsp3) is 0.350. The zero-order valence-corrected chi connectivity index (χ0v) is 18.3. The van der Waals surface area contributed by atoms with E-state index in [9.17, 15) is 22.0 Å². The van der Waals surface area contributed by atoms with E-state index in [1.807, 2.05) is 35.4 Å². The third-order valence-electron chi connectivity index (χ3n) is 5.08. The Hall–Kier alpha value is -2.01. The third kappa shape index (κ3) is 4.83. The minimum atomic E-state index is -4.15. The van der Waals surface area contributed by atoms with Crippen molar-refractivity contribution in [2.45, 2.75) is 22.8 Å². The van der Waals surface area contributed by atoms with E-state index in [0.717, 1.165) is 27.0 Å². The lowest BCUT2D eigenvalue weighted by atomic mass is 10.2. The maximum atomic E-state index is 14.0. The number of piperazine rings is 1. The number of sulfonamides is 1. The van der Waals surface area contributed by atoms with Crippen LogP contribution in [0.3, 0.4) is 0 Å². The van der Waals surface area contributed by atoms with Gasteiger partial charge < -0.3 is 5.32 Å². The Morgan fingerprint density at radius 2 is 1.77 bits per heavy atom. The predicted molar refractivity (Wildman–Crippen MR) is 113 cm³/mol. The molecule has 1 atom stereocenters. The van der Waals surface area contributed by atoms with Gasteiger partial charge in [0, 0.05) is 31.1 Å². The number of halogens is 2. The lowest BCUT2D eigenvalue weighted by Gasteiger charge is -2.36. The van der Waals surface area contributed by atoms with Crippen molar-refractivity contribution in [2.75, 3.05) is 37.8 Å². The van der Waals surface area contributed by atoms with Crippen LogP contribution in [0.2, 0.25) is 0 Å². The molecule has 3 rings (SSSR count). The molecule has 0 bridgehead atoms. The van der Waals surface area contributed by atoms with Crippen molar-refractivity contribution < 1.29 is 22.0 Å². The van der Waals surface area contributed by atoms with Crippen LogP contribution >= 0.6 is 11.8 Å². The number of carbonyl (C=O) groups excluding carboxylic acids is 1. The van der Waals surface area contributed by atoms with E-state index in [0.29, 0.717) is 19.2 Å². The van der Waals surface area contributed by atoms with Gasteiger partial charge in [-0.05, 0) is 43.5 Å². The van der Waals surface area contributed by atoms with Crippen molar-refractivity contribution in [3.8, 4) is 0 Å². The van der Waals surface area contributed by atoms with Crippen LogP contribution in [0, 0.1) is 11.6 Å². The molecule has 1 aliphatic heterocycles. The average molecular weight is 456 g/mol. The van der Waals surface area contributed by atoms with Crippen LogP contribution in [0.1, 0.15) is 6.92 Å². The summed E-state index contributed by atoms with van der Waals surface area (Å²) in [5.74, 6) is -1.99. The molecule has 1 aliphatic rings. The first-order valence-electron chi connectivity index (χ1n) is 9.37. The molecule has 0 aromatic heterocycles. The fourth-order valence-electron chi connectivity index (χ4n) is 3.30. The molecule has 10 heteroatoms. The van der Waals surface area contributed by atoms with Gasteiger partial charge in [-0.3, -0.25) is 9.69 Å². The summed E-state index contributed by atoms with van der Waals surface area (Å²) in [5.41, 5.74) is 0.727. The molecule has 0 spiro atoms. The number of benzene rings is 2. The number of nitrogens with one attached hydrogen (secondary N) is 1. The smallest absolute Gasteiger partial charge is 0.246 e. The van der Waals surface area contributed by atoms with Gasteiger partial charge in [0.2, 0.25) is 15.9 Å². The van der Waals surface area contributed by atoms with Gasteiger partial charge in [0.15, 0.2) is 0 Å². The van der Waals surface area contributed by atoms with E-state index in [2.05, 4.69) is 5.32 Å². The summed E-state index contributed by atoms with van der Waals surface area (Å²) in [7, 11) is -4.15. The fourth-order valence-corrected chi connectivity index (χ4v) is 5.35. The van der Waals surface area contributed by atoms with Gasteiger partial charge in [-0.1, -0.05) is 12.1 Å². The predicted octanol–water partition coefficient (Wildman–Crippen LogP) is 3.02. The first-order chi connectivity index (χ1) is 14.2. The molecule has 1 N–H and O–H groups in total. The van der Waals surface area contributed by atoms with E-state index in [1.165, 1.54) is 11.8 Å². The molecule has 1 fully saturated rings. The number of anilines is 1. The van der Waals surface area contributed by atoms with Gasteiger partial charge in [0.1, 0.15) is 16.5 Å². The summed E-state index contributed by atoms with van der Waals surface area (Å²) in [6.45, 7) is 2.52. The zero-order chi connectivity index (χ0) is 21.9. The quantitative estimate of drug-likeness (QED) is 0.678. The Morgan fingerprint density at radius 3 is 2.43 bits per heavy atom. The lowest BCUT2D eigenvalue weighted by Crippen LogP contribution is -2.54. The second-order valence-corrected chi connectivity index (χ2v) is 9.63. The number of thioether (sulfide) groups is 1. The molecular formula is C20H23F2N3O3S2. The van der Waals surface area contributed by atoms with E-state index >= 15 is 0 Å². The van der Waals surface area contributed by atoms with Gasteiger partial charge in [-0.15, -0.1) is 11.8 Å². The summed E-state index contributed by atoms with van der Waals surface area (Å²) >= 11 is 1.53. The number of rotatable bonds is 6. The zero-order valence-electron chi connectivity index (χ0n) is 16.6. The second kappa shape index (κ2) is 9.42. The Morgan fingerprint density at radius 1 is 1.10 bits per heavy atom. The highest BCUT2D eigenvalue weighted by Gasteiger charge is 2.33. The van der Waals surface area contributed by atoms with Crippen molar-refractivity contribution in [3.05, 3.63) is 54.1 Å². The number of hydrogen-bond acceptors (Lipinski definition) is 5. The maximum absolute atomic E-state index is 14.0. The molecule has 0 radical (unpaired) electrons. The molecular weight excluding hydrogens is 432 g/mol. The SMILES string of the molecule is CSc1ccccc1NC(=O)C(C)N1CCN(S(=O)(=O)c2cc(F)ccc2F)CC1. The van der Waals surface area contributed by atoms with E-state index in [4.69, 9.17) is 0 Å². The van der Waals surface area contributed by atoms with E-state index in [-0.39, 0.29) is 19.0 Å². The largest absolute Gasteiger partial charge is 0.324 e. The van der Waals surface area contributed by atoms with Crippen molar-refractivity contribution in [3.63, 3.8) is 0 Å². The highest BCUT2D eigenvalue weighted by atomic mass is 32.2. The standard InChI is InChI=1S/C20H23F2N3O3S2/c1-14(20(26)23-17-5-3-4-6-18(17)29-2)24-9-11-25(12-10-24)30(27,28)19-13-15(21)7-8-16(19)22/h3-8,13-14H,9-12H2,1-2H3,(H,23,26). The summed E-state index contributed by atoms with van der Waals surface area (Å²) < 4.78 is 53.9. The second-order valence-electron chi connectivity index (χ2n) is 6.88. The van der Waals surface area contributed by atoms with Crippen molar-refractivity contribution >= 4 is 33.4 Å². The van der Waals surface area contributed by atoms with Gasteiger partial charge >= 0.3 is 0 Å². The van der Waals surface area contributed by atoms with Gasteiger partial charge in [-0.25, -0.2) is 17.2 Å². The number of nitrogens with zero attached hydrogens (tertiary/aromatic N) is 2. The summed E-state index contributed by atoms with van der Waals surface area (Å²) in [6, 6.07) is 9.38. The summed E-state index contributed by atoms with van der Waals surface area (Å²) in [4.78, 5) is 14.8. The lowest BCUT2D eigenvalue weighted by molar-refractivity contribution is -0.121. The van der Waals surface area contributed by atoms with E-state index < -0.39 is 32.6 Å². The Kier molecular flexibility index (Phi) is 7.12. The van der Waals surface area contributed by atoms with Crippen LogP contribution in [0.25, 0.3) is 0 Å². The molecule has 2 aromatic carbocycles. The Bertz CT molecular complexity index is 1030. The van der Waals surface area contributed by atoms with Crippen LogP contribution in [-0.2, 0) is 14.8 Å². The van der Waals surface area contributed by atoms with Gasteiger partial charge in [0.25, 0.3) is 0 Å². The monoisotopic (exact) mass is 455 g/mol. The average Bonchev–Trinajstić information content (AvgIpc) is 2.75. The van der Waals surface area contributed by atoms with Crippen molar-refractivity contribution in [2.24, 2.45) is 0 Å². The van der Waals surface area contributed by atoms with Crippen molar-refractivity contribution in [1.29, 1.82) is 0 Å². The molecule has 1 saturated heterocycles. The minimum absolute atomic E-state index is 0.0807. The van der Waals surface area contributed by atoms with Gasteiger partial charge in [-0.2, -0.15) is 4.31 Å². The highest BCUT2D eigenvalue weighted by Crippen LogP contribution is 2.25. The summed E-state index contributed by atoms with van der Waals surface area (Å²) in [5, 5.41) is 2.91. The minimum Gasteiger partial charge on any atom is -0.324 e. The first-order valence-corrected chi connectivity index (χ1v) is 12.0. The van der Waals surface area contributed by atoms with E-state index in [1.54, 1.807) is 6.92 Å². The molecule has 0 saturated carbocycles. The molecule has 1 unspecified atom stereocenters. The first kappa shape index (κ1) is 22.7. The molecule has 30 heavy (non-hydrogen) atoms. The van der Waals surface area contributed by atoms with Crippen molar-refractivity contribution in [1.82, 2.24) is 9.21 Å². The normalized spacial score (nSPS) is 16.9. The number of amides is 1. The molecule has 2 aromatic rings. The summed E-state index contributed by atoms with van der Waals surface area (Å²) in [6.07, 6.45) is 1.93. The molecule has 1 amide bonds. The van der Waals surface area contributed by atoms with Crippen LogP contribution in [-0.4, -0.2) is 62.0 Å². The van der Waals surface area contributed by atoms with Crippen LogP contribution < -0.4 is 5.32 Å².